The van der Waals surface area contributed by atoms with Gasteiger partial charge in [-0.2, -0.15) is 0 Å². The number of Topliss-reactive ketones (excluding diaryl/α,β-unsaturated/α-hetero) is 1. The molecule has 154 valence electrons. The summed E-state index contributed by atoms with van der Waals surface area (Å²) in [5, 5.41) is 3.44. The van der Waals surface area contributed by atoms with E-state index in [1.807, 2.05) is 12.1 Å². The van der Waals surface area contributed by atoms with Crippen LogP contribution >= 0.6 is 23.4 Å². The van der Waals surface area contributed by atoms with Gasteiger partial charge in [0.15, 0.2) is 12.4 Å². The van der Waals surface area contributed by atoms with Gasteiger partial charge in [-0.15, -0.1) is 11.8 Å². The van der Waals surface area contributed by atoms with E-state index >= 15 is 0 Å². The van der Waals surface area contributed by atoms with Crippen LogP contribution < -0.4 is 5.32 Å². The first-order valence-electron chi connectivity index (χ1n) is 9.45. The molecule has 0 saturated carbocycles. The topological polar surface area (TPSA) is 72.5 Å². The van der Waals surface area contributed by atoms with Gasteiger partial charge >= 0.3 is 5.97 Å². The molecule has 7 heteroatoms. The standard InChI is InChI=1S/C22H24ClNO4S/c1-2-3-4-5-21(26)24-18-10-6-16(7-11-18)20(25)14-28-22(27)15-29-19-12-8-17(23)9-13-19/h6-13H,2-5,14-15H2,1H3,(H,24,26). The summed E-state index contributed by atoms with van der Waals surface area (Å²) in [5.41, 5.74) is 1.06. The number of ketones is 1. The average Bonchev–Trinajstić information content (AvgIpc) is 2.72. The smallest absolute Gasteiger partial charge is 0.316 e. The molecular weight excluding hydrogens is 410 g/mol. The lowest BCUT2D eigenvalue weighted by atomic mass is 10.1. The first kappa shape index (κ1) is 23.0. The molecule has 0 bridgehead atoms. The number of nitrogens with one attached hydrogen (secondary N) is 1. The summed E-state index contributed by atoms with van der Waals surface area (Å²) >= 11 is 7.13. The van der Waals surface area contributed by atoms with E-state index < -0.39 is 5.97 Å². The maximum atomic E-state index is 12.2. The van der Waals surface area contributed by atoms with Crippen LogP contribution in [0.1, 0.15) is 43.0 Å². The van der Waals surface area contributed by atoms with Gasteiger partial charge in [-0.25, -0.2) is 0 Å². The molecule has 2 aromatic carbocycles. The lowest BCUT2D eigenvalue weighted by Gasteiger charge is -2.07. The fourth-order valence-electron chi connectivity index (χ4n) is 2.44. The van der Waals surface area contributed by atoms with Crippen molar-refractivity contribution < 1.29 is 19.1 Å². The van der Waals surface area contributed by atoms with Crippen LogP contribution in [0.4, 0.5) is 5.69 Å². The molecule has 2 rings (SSSR count). The number of hydrogen-bond donors (Lipinski definition) is 1. The molecule has 5 nitrogen and oxygen atoms in total. The van der Waals surface area contributed by atoms with Gasteiger partial charge < -0.3 is 10.1 Å². The molecule has 0 spiro atoms. The Hall–Kier alpha value is -2.31. The van der Waals surface area contributed by atoms with Gasteiger partial charge in [-0.3, -0.25) is 14.4 Å². The van der Waals surface area contributed by atoms with Gasteiger partial charge in [0, 0.05) is 27.6 Å². The van der Waals surface area contributed by atoms with E-state index in [0.29, 0.717) is 22.7 Å². The van der Waals surface area contributed by atoms with E-state index in [1.165, 1.54) is 11.8 Å². The third kappa shape index (κ3) is 8.71. The summed E-state index contributed by atoms with van der Waals surface area (Å²) in [4.78, 5) is 36.7. The molecule has 1 amide bonds. The minimum Gasteiger partial charge on any atom is -0.457 e. The minimum absolute atomic E-state index is 0.0374. The maximum Gasteiger partial charge on any atom is 0.316 e. The van der Waals surface area contributed by atoms with Crippen molar-refractivity contribution in [3.63, 3.8) is 0 Å². The molecule has 1 N–H and O–H groups in total. The van der Waals surface area contributed by atoms with Crippen molar-refractivity contribution in [3.05, 3.63) is 59.1 Å². The predicted octanol–water partition coefficient (Wildman–Crippen LogP) is 5.38. The number of halogens is 1. The van der Waals surface area contributed by atoms with E-state index in [1.54, 1.807) is 36.4 Å². The van der Waals surface area contributed by atoms with Crippen molar-refractivity contribution >= 4 is 46.7 Å². The molecule has 0 aliphatic rings. The van der Waals surface area contributed by atoms with E-state index in [4.69, 9.17) is 16.3 Å². The Labute approximate surface area is 180 Å². The van der Waals surface area contributed by atoms with Crippen LogP contribution in [0.25, 0.3) is 0 Å². The number of unbranched alkanes of at least 4 members (excludes halogenated alkanes) is 2. The lowest BCUT2D eigenvalue weighted by Crippen LogP contribution is -2.16. The highest BCUT2D eigenvalue weighted by molar-refractivity contribution is 8.00. The number of ether oxygens (including phenoxy) is 1. The summed E-state index contributed by atoms with van der Waals surface area (Å²) in [5.74, 6) is -0.688. The minimum atomic E-state index is -0.464. The zero-order chi connectivity index (χ0) is 21.1. The molecule has 0 aliphatic carbocycles. The Morgan fingerprint density at radius 3 is 2.34 bits per heavy atom. The van der Waals surface area contributed by atoms with E-state index in [2.05, 4.69) is 12.2 Å². The molecule has 0 unspecified atom stereocenters. The number of rotatable bonds is 11. The quantitative estimate of drug-likeness (QED) is 0.223. The normalized spacial score (nSPS) is 10.4. The lowest BCUT2D eigenvalue weighted by molar-refractivity contribution is -0.139. The maximum absolute atomic E-state index is 12.2. The molecule has 0 aliphatic heterocycles. The summed E-state index contributed by atoms with van der Waals surface area (Å²) in [7, 11) is 0. The molecule has 0 fully saturated rings. The van der Waals surface area contributed by atoms with Crippen LogP contribution in [0, 0.1) is 0 Å². The van der Waals surface area contributed by atoms with Crippen LogP contribution in [0.3, 0.4) is 0 Å². The Balaban J connectivity index is 1.73. The highest BCUT2D eigenvalue weighted by Crippen LogP contribution is 2.20. The highest BCUT2D eigenvalue weighted by atomic mass is 35.5. The Morgan fingerprint density at radius 1 is 1.00 bits per heavy atom. The third-order valence-electron chi connectivity index (χ3n) is 4.03. The molecule has 0 radical (unpaired) electrons. The SMILES string of the molecule is CCCCCC(=O)Nc1ccc(C(=O)COC(=O)CSc2ccc(Cl)cc2)cc1. The first-order chi connectivity index (χ1) is 14.0. The largest absolute Gasteiger partial charge is 0.457 e. The number of amides is 1. The highest BCUT2D eigenvalue weighted by Gasteiger charge is 2.11. The van der Waals surface area contributed by atoms with Crippen LogP contribution in [0.5, 0.6) is 0 Å². The van der Waals surface area contributed by atoms with Gasteiger partial charge in [0.05, 0.1) is 5.75 Å². The molecule has 0 aromatic heterocycles. The Bertz CT molecular complexity index is 822. The number of anilines is 1. The molecular formula is C22H24ClNO4S. The second kappa shape index (κ2) is 12.3. The van der Waals surface area contributed by atoms with Gasteiger partial charge in [0.1, 0.15) is 0 Å². The third-order valence-corrected chi connectivity index (χ3v) is 5.27. The summed E-state index contributed by atoms with van der Waals surface area (Å²) < 4.78 is 5.05. The average molecular weight is 434 g/mol. The molecule has 0 atom stereocenters. The number of esters is 1. The van der Waals surface area contributed by atoms with Crippen molar-refractivity contribution in [3.8, 4) is 0 Å². The van der Waals surface area contributed by atoms with Crippen LogP contribution in [0.15, 0.2) is 53.4 Å². The summed E-state index contributed by atoms with van der Waals surface area (Å²) in [6.45, 7) is 1.77. The number of benzene rings is 2. The number of hydrogen-bond acceptors (Lipinski definition) is 5. The van der Waals surface area contributed by atoms with Gasteiger partial charge in [0.25, 0.3) is 0 Å². The zero-order valence-electron chi connectivity index (χ0n) is 16.3. The van der Waals surface area contributed by atoms with Crippen molar-refractivity contribution in [1.29, 1.82) is 0 Å². The van der Waals surface area contributed by atoms with Gasteiger partial charge in [-0.05, 0) is 55.0 Å². The second-order valence-electron chi connectivity index (χ2n) is 6.41. The monoisotopic (exact) mass is 433 g/mol. The molecule has 29 heavy (non-hydrogen) atoms. The molecule has 2 aromatic rings. The van der Waals surface area contributed by atoms with Gasteiger partial charge in [-0.1, -0.05) is 31.4 Å². The van der Waals surface area contributed by atoms with Crippen molar-refractivity contribution in [2.75, 3.05) is 17.7 Å². The Morgan fingerprint density at radius 2 is 1.69 bits per heavy atom. The number of carbonyl (C=O) groups is 3. The van der Waals surface area contributed by atoms with E-state index in [0.717, 1.165) is 24.2 Å². The van der Waals surface area contributed by atoms with Crippen molar-refractivity contribution in [2.45, 2.75) is 37.5 Å². The fraction of sp³-hybridized carbons (Fsp3) is 0.318. The first-order valence-corrected chi connectivity index (χ1v) is 10.8. The van der Waals surface area contributed by atoms with E-state index in [-0.39, 0.29) is 24.1 Å². The van der Waals surface area contributed by atoms with Gasteiger partial charge in [0.2, 0.25) is 5.91 Å². The fourth-order valence-corrected chi connectivity index (χ4v) is 3.26. The summed E-state index contributed by atoms with van der Waals surface area (Å²) in [6, 6.07) is 13.7. The number of thioether (sulfide) groups is 1. The molecule has 0 saturated heterocycles. The predicted molar refractivity (Wildman–Crippen MR) is 117 cm³/mol. The summed E-state index contributed by atoms with van der Waals surface area (Å²) in [6.07, 6.45) is 3.44. The zero-order valence-corrected chi connectivity index (χ0v) is 17.9. The second-order valence-corrected chi connectivity index (χ2v) is 7.89. The van der Waals surface area contributed by atoms with Crippen LogP contribution in [-0.2, 0) is 14.3 Å². The Kier molecular flexibility index (Phi) is 9.74. The van der Waals surface area contributed by atoms with Crippen molar-refractivity contribution in [1.82, 2.24) is 0 Å². The van der Waals surface area contributed by atoms with Crippen molar-refractivity contribution in [2.24, 2.45) is 0 Å². The molecule has 0 heterocycles. The van der Waals surface area contributed by atoms with E-state index in [9.17, 15) is 14.4 Å². The van der Waals surface area contributed by atoms with Crippen LogP contribution in [-0.4, -0.2) is 30.0 Å². The van der Waals surface area contributed by atoms with Crippen LogP contribution in [0.2, 0.25) is 5.02 Å². The number of carbonyl (C=O) groups excluding carboxylic acids is 3.